The van der Waals surface area contributed by atoms with E-state index < -0.39 is 0 Å². The van der Waals surface area contributed by atoms with Crippen LogP contribution in [0.4, 0.5) is 0 Å². The Morgan fingerprint density at radius 2 is 1.80 bits per heavy atom. The van der Waals surface area contributed by atoms with Gasteiger partial charge in [0.1, 0.15) is 5.60 Å². The van der Waals surface area contributed by atoms with Crippen LogP contribution >= 0.6 is 0 Å². The molecule has 1 atom stereocenters. The van der Waals surface area contributed by atoms with Crippen LogP contribution in [0.3, 0.4) is 0 Å². The first-order chi connectivity index (χ1) is 6.96. The molecule has 0 N–H and O–H groups in total. The van der Waals surface area contributed by atoms with Crippen molar-refractivity contribution < 1.29 is 9.53 Å². The molecule has 0 aromatic heterocycles. The van der Waals surface area contributed by atoms with Crippen molar-refractivity contribution >= 4 is 5.97 Å². The van der Waals surface area contributed by atoms with E-state index >= 15 is 0 Å². The highest BCUT2D eigenvalue weighted by atomic mass is 16.6. The average molecular weight is 210 g/mol. The fourth-order valence-corrected chi connectivity index (χ4v) is 3.00. The zero-order valence-corrected chi connectivity index (χ0v) is 10.1. The number of cyclic esters (lactones) is 1. The highest BCUT2D eigenvalue weighted by Gasteiger charge is 2.50. The van der Waals surface area contributed by atoms with Crippen LogP contribution in [0.25, 0.3) is 0 Å². The number of hydrogen-bond donors (Lipinski definition) is 0. The number of hydrogen-bond acceptors (Lipinski definition) is 2. The Bertz CT molecular complexity index is 262. The fourth-order valence-electron chi connectivity index (χ4n) is 3.00. The molecule has 1 aliphatic heterocycles. The smallest absolute Gasteiger partial charge is 0.312 e. The molecule has 2 rings (SSSR count). The standard InChI is InChI=1S/C13H22O2/c1-10-9-13(7-5-4-6-8-13)11(14)15-12(10,2)3/h10H,4-9H2,1-3H3. The Balaban J connectivity index is 2.18. The minimum atomic E-state index is -0.264. The molecular weight excluding hydrogens is 188 g/mol. The monoisotopic (exact) mass is 210 g/mol. The molecule has 0 aromatic carbocycles. The van der Waals surface area contributed by atoms with E-state index in [9.17, 15) is 4.79 Å². The molecule has 86 valence electrons. The molecule has 15 heavy (non-hydrogen) atoms. The van der Waals surface area contributed by atoms with Crippen LogP contribution in [0.1, 0.15) is 59.3 Å². The molecule has 1 unspecified atom stereocenters. The van der Waals surface area contributed by atoms with E-state index in [0.717, 1.165) is 19.3 Å². The molecule has 1 saturated heterocycles. The van der Waals surface area contributed by atoms with Crippen molar-refractivity contribution in [3.8, 4) is 0 Å². The third-order valence-corrected chi connectivity index (χ3v) is 4.48. The van der Waals surface area contributed by atoms with Gasteiger partial charge < -0.3 is 4.74 Å². The molecule has 2 aliphatic rings. The zero-order valence-electron chi connectivity index (χ0n) is 10.1. The lowest BCUT2D eigenvalue weighted by Gasteiger charge is -2.47. The second kappa shape index (κ2) is 3.50. The van der Waals surface area contributed by atoms with Crippen molar-refractivity contribution in [3.05, 3.63) is 0 Å². The van der Waals surface area contributed by atoms with Crippen molar-refractivity contribution in [2.75, 3.05) is 0 Å². The molecule has 2 fully saturated rings. The van der Waals surface area contributed by atoms with Crippen LogP contribution in [0.2, 0.25) is 0 Å². The van der Waals surface area contributed by atoms with Crippen molar-refractivity contribution in [2.45, 2.75) is 64.9 Å². The number of ether oxygens (including phenoxy) is 1. The summed E-state index contributed by atoms with van der Waals surface area (Å²) in [5.74, 6) is 0.554. The zero-order chi connectivity index (χ0) is 11.1. The quantitative estimate of drug-likeness (QED) is 0.573. The van der Waals surface area contributed by atoms with Gasteiger partial charge in [-0.25, -0.2) is 0 Å². The van der Waals surface area contributed by atoms with Crippen molar-refractivity contribution in [1.29, 1.82) is 0 Å². The summed E-state index contributed by atoms with van der Waals surface area (Å²) in [6.07, 6.45) is 6.80. The Labute approximate surface area is 92.4 Å². The Morgan fingerprint density at radius 1 is 1.20 bits per heavy atom. The van der Waals surface area contributed by atoms with Crippen LogP contribution in [0, 0.1) is 11.3 Å². The normalized spacial score (nSPS) is 33.8. The molecule has 2 nitrogen and oxygen atoms in total. The minimum Gasteiger partial charge on any atom is -0.459 e. The predicted octanol–water partition coefficient (Wildman–Crippen LogP) is 3.30. The van der Waals surface area contributed by atoms with Crippen LogP contribution in [0.15, 0.2) is 0 Å². The minimum absolute atomic E-state index is 0.0744. The van der Waals surface area contributed by atoms with E-state index in [1.54, 1.807) is 0 Å². The molecule has 0 radical (unpaired) electrons. The molecule has 2 heteroatoms. The molecule has 1 heterocycles. The second-order valence-electron chi connectivity index (χ2n) is 5.94. The molecule has 1 saturated carbocycles. The summed E-state index contributed by atoms with van der Waals surface area (Å²) in [5, 5.41) is 0. The van der Waals surface area contributed by atoms with Crippen LogP contribution in [0.5, 0.6) is 0 Å². The predicted molar refractivity (Wildman–Crippen MR) is 59.5 cm³/mol. The summed E-state index contributed by atoms with van der Waals surface area (Å²) in [6.45, 7) is 6.28. The van der Waals surface area contributed by atoms with E-state index in [-0.39, 0.29) is 17.0 Å². The summed E-state index contributed by atoms with van der Waals surface area (Å²) in [7, 11) is 0. The lowest BCUT2D eigenvalue weighted by atomic mass is 9.65. The first-order valence-electron chi connectivity index (χ1n) is 6.20. The summed E-state index contributed by atoms with van der Waals surface area (Å²) < 4.78 is 5.64. The Kier molecular flexibility index (Phi) is 2.56. The molecule has 1 aliphatic carbocycles. The molecule has 1 spiro atoms. The average Bonchev–Trinajstić information content (AvgIpc) is 2.16. The fraction of sp³-hybridized carbons (Fsp3) is 0.923. The Morgan fingerprint density at radius 3 is 2.40 bits per heavy atom. The second-order valence-corrected chi connectivity index (χ2v) is 5.94. The molecule has 0 aromatic rings. The number of carbonyl (C=O) groups excluding carboxylic acids is 1. The molecule has 0 bridgehead atoms. The van der Waals surface area contributed by atoms with Gasteiger partial charge in [-0.05, 0) is 39.0 Å². The van der Waals surface area contributed by atoms with Gasteiger partial charge in [0.25, 0.3) is 0 Å². The van der Waals surface area contributed by atoms with Gasteiger partial charge in [0.05, 0.1) is 5.41 Å². The van der Waals surface area contributed by atoms with Gasteiger partial charge in [-0.3, -0.25) is 4.79 Å². The van der Waals surface area contributed by atoms with Gasteiger partial charge in [-0.1, -0.05) is 26.2 Å². The maximum atomic E-state index is 12.1. The van der Waals surface area contributed by atoms with E-state index in [4.69, 9.17) is 4.74 Å². The third-order valence-electron chi connectivity index (χ3n) is 4.48. The summed E-state index contributed by atoms with van der Waals surface area (Å²) in [4.78, 5) is 12.1. The SMILES string of the molecule is CC1CC2(CCCCC2)C(=O)OC1(C)C. The molecular formula is C13H22O2. The van der Waals surface area contributed by atoms with Crippen LogP contribution in [-0.4, -0.2) is 11.6 Å². The van der Waals surface area contributed by atoms with E-state index in [0.29, 0.717) is 5.92 Å². The van der Waals surface area contributed by atoms with Crippen molar-refractivity contribution in [3.63, 3.8) is 0 Å². The maximum Gasteiger partial charge on any atom is 0.312 e. The molecule has 0 amide bonds. The lowest BCUT2D eigenvalue weighted by molar-refractivity contribution is -0.193. The maximum absolute atomic E-state index is 12.1. The first-order valence-corrected chi connectivity index (χ1v) is 6.20. The summed E-state index contributed by atoms with van der Waals surface area (Å²) in [6, 6.07) is 0. The van der Waals surface area contributed by atoms with Gasteiger partial charge in [0.2, 0.25) is 0 Å². The topological polar surface area (TPSA) is 26.3 Å². The van der Waals surface area contributed by atoms with Gasteiger partial charge in [-0.2, -0.15) is 0 Å². The highest BCUT2D eigenvalue weighted by Crippen LogP contribution is 2.49. The number of esters is 1. The van der Waals surface area contributed by atoms with Crippen LogP contribution < -0.4 is 0 Å². The Hall–Kier alpha value is -0.530. The third kappa shape index (κ3) is 1.79. The van der Waals surface area contributed by atoms with Crippen molar-refractivity contribution in [1.82, 2.24) is 0 Å². The summed E-state index contributed by atoms with van der Waals surface area (Å²) in [5.41, 5.74) is -0.382. The van der Waals surface area contributed by atoms with Crippen molar-refractivity contribution in [2.24, 2.45) is 11.3 Å². The largest absolute Gasteiger partial charge is 0.459 e. The number of rotatable bonds is 0. The number of carbonyl (C=O) groups is 1. The lowest BCUT2D eigenvalue weighted by Crippen LogP contribution is -2.50. The van der Waals surface area contributed by atoms with Gasteiger partial charge >= 0.3 is 5.97 Å². The van der Waals surface area contributed by atoms with E-state index in [1.807, 2.05) is 13.8 Å². The summed E-state index contributed by atoms with van der Waals surface area (Å²) >= 11 is 0. The van der Waals surface area contributed by atoms with E-state index in [2.05, 4.69) is 6.92 Å². The highest BCUT2D eigenvalue weighted by molar-refractivity contribution is 5.78. The van der Waals surface area contributed by atoms with Gasteiger partial charge in [0, 0.05) is 0 Å². The van der Waals surface area contributed by atoms with Gasteiger partial charge in [-0.15, -0.1) is 0 Å². The van der Waals surface area contributed by atoms with Gasteiger partial charge in [0.15, 0.2) is 0 Å². The first kappa shape index (κ1) is 11.0. The van der Waals surface area contributed by atoms with E-state index in [1.165, 1.54) is 19.3 Å². The van der Waals surface area contributed by atoms with Crippen LogP contribution in [-0.2, 0) is 9.53 Å².